The fourth-order valence-electron chi connectivity index (χ4n) is 3.51. The van der Waals surface area contributed by atoms with Crippen LogP contribution in [0.3, 0.4) is 0 Å². The van der Waals surface area contributed by atoms with E-state index in [-0.39, 0.29) is 17.6 Å². The number of carbonyl (C=O) groups is 1. The van der Waals surface area contributed by atoms with Crippen LogP contribution in [-0.2, 0) is 11.8 Å². The van der Waals surface area contributed by atoms with Gasteiger partial charge in [0.25, 0.3) is 5.91 Å². The first-order valence-electron chi connectivity index (χ1n) is 8.41. The van der Waals surface area contributed by atoms with Gasteiger partial charge >= 0.3 is 0 Å². The number of ether oxygens (including phenoxy) is 2. The number of aryl methyl sites for hydroxylation is 2. The average molecular weight is 343 g/mol. The number of hydrogen-bond donors (Lipinski definition) is 0. The minimum Gasteiger partial charge on any atom is -0.473 e. The molecule has 2 aliphatic rings. The van der Waals surface area contributed by atoms with E-state index < -0.39 is 0 Å². The van der Waals surface area contributed by atoms with Crippen LogP contribution >= 0.6 is 0 Å². The second-order valence-corrected chi connectivity index (χ2v) is 6.76. The van der Waals surface area contributed by atoms with Crippen LogP contribution in [0.15, 0.2) is 24.7 Å². The fourth-order valence-corrected chi connectivity index (χ4v) is 3.51. The molecule has 2 aliphatic heterocycles. The van der Waals surface area contributed by atoms with Crippen molar-refractivity contribution in [2.75, 3.05) is 19.7 Å². The van der Waals surface area contributed by atoms with Crippen LogP contribution in [0.4, 0.5) is 0 Å². The van der Waals surface area contributed by atoms with Gasteiger partial charge in [-0.25, -0.2) is 4.98 Å². The van der Waals surface area contributed by atoms with Gasteiger partial charge in [-0.15, -0.1) is 0 Å². The highest BCUT2D eigenvalue weighted by Crippen LogP contribution is 2.36. The van der Waals surface area contributed by atoms with E-state index in [9.17, 15) is 4.79 Å². The molecular formula is C17H21N5O3. The van der Waals surface area contributed by atoms with Crippen molar-refractivity contribution in [2.24, 2.45) is 7.05 Å². The van der Waals surface area contributed by atoms with E-state index in [0.29, 0.717) is 31.3 Å². The summed E-state index contributed by atoms with van der Waals surface area (Å²) >= 11 is 0. The maximum absolute atomic E-state index is 12.5. The molecule has 0 N–H and O–H groups in total. The highest BCUT2D eigenvalue weighted by atomic mass is 16.5. The molecule has 2 aromatic rings. The second-order valence-electron chi connectivity index (χ2n) is 6.76. The van der Waals surface area contributed by atoms with Crippen LogP contribution in [0.1, 0.15) is 29.0 Å². The molecule has 0 aliphatic carbocycles. The minimum absolute atomic E-state index is 0.0122. The Morgan fingerprint density at radius 1 is 1.40 bits per heavy atom. The Kier molecular flexibility index (Phi) is 3.91. The molecule has 0 bridgehead atoms. The zero-order valence-electron chi connectivity index (χ0n) is 14.4. The van der Waals surface area contributed by atoms with Gasteiger partial charge in [-0.2, -0.15) is 5.10 Å². The zero-order valence-corrected chi connectivity index (χ0v) is 14.4. The van der Waals surface area contributed by atoms with Gasteiger partial charge in [-0.3, -0.25) is 14.5 Å². The van der Waals surface area contributed by atoms with Gasteiger partial charge in [0.1, 0.15) is 17.4 Å². The van der Waals surface area contributed by atoms with Crippen LogP contribution in [0.5, 0.6) is 5.88 Å². The molecule has 1 spiro atoms. The molecule has 4 rings (SSSR count). The van der Waals surface area contributed by atoms with Crippen LogP contribution < -0.4 is 4.74 Å². The summed E-state index contributed by atoms with van der Waals surface area (Å²) in [6.45, 7) is 3.67. The van der Waals surface area contributed by atoms with Gasteiger partial charge in [0.2, 0.25) is 5.88 Å². The molecule has 4 heterocycles. The molecule has 2 saturated heterocycles. The first-order valence-corrected chi connectivity index (χ1v) is 8.41. The molecular weight excluding hydrogens is 322 g/mol. The predicted molar refractivity (Wildman–Crippen MR) is 88.2 cm³/mol. The molecule has 132 valence electrons. The average Bonchev–Trinajstić information content (AvgIpc) is 2.98. The van der Waals surface area contributed by atoms with E-state index >= 15 is 0 Å². The molecule has 1 atom stereocenters. The summed E-state index contributed by atoms with van der Waals surface area (Å²) in [6.07, 6.45) is 6.55. The first kappa shape index (κ1) is 16.0. The minimum atomic E-state index is -0.311. The standard InChI is InChI=1S/C17H21N5O3/c1-12-8-18-9-15(20-12)25-13-4-6-24-17(7-13)10-22(11-17)16(23)14-3-5-19-21(14)2/h3,5,8-9,13H,4,6-7,10-11H2,1-2H3. The van der Waals surface area contributed by atoms with E-state index in [0.717, 1.165) is 18.5 Å². The van der Waals surface area contributed by atoms with Crippen molar-refractivity contribution in [3.63, 3.8) is 0 Å². The lowest BCUT2D eigenvalue weighted by Gasteiger charge is -2.52. The summed E-state index contributed by atoms with van der Waals surface area (Å²) in [5.74, 6) is 0.533. The van der Waals surface area contributed by atoms with E-state index in [4.69, 9.17) is 9.47 Å². The molecule has 8 nitrogen and oxygen atoms in total. The van der Waals surface area contributed by atoms with Gasteiger partial charge in [0, 0.05) is 32.3 Å². The summed E-state index contributed by atoms with van der Waals surface area (Å²) in [6, 6.07) is 1.73. The molecule has 0 saturated carbocycles. The molecule has 8 heteroatoms. The molecule has 1 unspecified atom stereocenters. The summed E-state index contributed by atoms with van der Waals surface area (Å²) in [5, 5.41) is 4.05. The van der Waals surface area contributed by atoms with Gasteiger partial charge in [-0.05, 0) is 13.0 Å². The van der Waals surface area contributed by atoms with Crippen LogP contribution in [0, 0.1) is 6.92 Å². The SMILES string of the molecule is Cc1cncc(OC2CCOC3(C2)CN(C(=O)c2ccnn2C)C3)n1. The number of nitrogens with zero attached hydrogens (tertiary/aromatic N) is 5. The monoisotopic (exact) mass is 343 g/mol. The molecule has 0 aromatic carbocycles. The maximum atomic E-state index is 12.5. The molecule has 2 fully saturated rings. The predicted octanol–water partition coefficient (Wildman–Crippen LogP) is 0.971. The Bertz CT molecular complexity index is 784. The van der Waals surface area contributed by atoms with E-state index in [2.05, 4.69) is 15.1 Å². The normalized spacial score (nSPS) is 21.8. The summed E-state index contributed by atoms with van der Waals surface area (Å²) in [5.41, 5.74) is 1.11. The number of rotatable bonds is 3. The topological polar surface area (TPSA) is 82.4 Å². The summed E-state index contributed by atoms with van der Waals surface area (Å²) in [7, 11) is 1.77. The van der Waals surface area contributed by atoms with Crippen molar-refractivity contribution >= 4 is 5.91 Å². The number of likely N-dealkylation sites (tertiary alicyclic amines) is 1. The number of amides is 1. The third kappa shape index (κ3) is 3.09. The Balaban J connectivity index is 1.38. The summed E-state index contributed by atoms with van der Waals surface area (Å²) in [4.78, 5) is 22.8. The zero-order chi connectivity index (χ0) is 17.4. The van der Waals surface area contributed by atoms with Gasteiger partial charge < -0.3 is 14.4 Å². The lowest BCUT2D eigenvalue weighted by atomic mass is 9.84. The van der Waals surface area contributed by atoms with Gasteiger partial charge in [-0.1, -0.05) is 0 Å². The van der Waals surface area contributed by atoms with E-state index in [1.54, 1.807) is 41.3 Å². The number of hydrogen-bond acceptors (Lipinski definition) is 6. The Morgan fingerprint density at radius 2 is 2.24 bits per heavy atom. The smallest absolute Gasteiger partial charge is 0.272 e. The number of carbonyl (C=O) groups excluding carboxylic acids is 1. The largest absolute Gasteiger partial charge is 0.473 e. The van der Waals surface area contributed by atoms with Crippen molar-refractivity contribution in [3.8, 4) is 5.88 Å². The molecule has 2 aromatic heterocycles. The lowest BCUT2D eigenvalue weighted by molar-refractivity contribution is -0.174. The van der Waals surface area contributed by atoms with E-state index in [1.807, 2.05) is 6.92 Å². The summed E-state index contributed by atoms with van der Waals surface area (Å²) < 4.78 is 13.6. The van der Waals surface area contributed by atoms with Crippen LogP contribution in [0.2, 0.25) is 0 Å². The van der Waals surface area contributed by atoms with Crippen LogP contribution in [0.25, 0.3) is 0 Å². The van der Waals surface area contributed by atoms with E-state index in [1.165, 1.54) is 0 Å². The van der Waals surface area contributed by atoms with Gasteiger partial charge in [0.15, 0.2) is 0 Å². The molecule has 0 radical (unpaired) electrons. The highest BCUT2D eigenvalue weighted by molar-refractivity contribution is 5.93. The fraction of sp³-hybridized carbons (Fsp3) is 0.529. The Labute approximate surface area is 145 Å². The Hall–Kier alpha value is -2.48. The van der Waals surface area contributed by atoms with Crippen molar-refractivity contribution in [1.82, 2.24) is 24.6 Å². The number of aromatic nitrogens is 4. The lowest BCUT2D eigenvalue weighted by Crippen LogP contribution is -2.67. The van der Waals surface area contributed by atoms with Crippen LogP contribution in [-0.4, -0.2) is 62.0 Å². The molecule has 1 amide bonds. The quantitative estimate of drug-likeness (QED) is 0.826. The third-order valence-electron chi connectivity index (χ3n) is 4.75. The second kappa shape index (κ2) is 6.11. The van der Waals surface area contributed by atoms with Gasteiger partial charge in [0.05, 0.1) is 31.6 Å². The van der Waals surface area contributed by atoms with Crippen molar-refractivity contribution in [3.05, 3.63) is 36.0 Å². The van der Waals surface area contributed by atoms with Crippen molar-refractivity contribution in [2.45, 2.75) is 31.5 Å². The third-order valence-corrected chi connectivity index (χ3v) is 4.75. The Morgan fingerprint density at radius 3 is 2.96 bits per heavy atom. The maximum Gasteiger partial charge on any atom is 0.272 e. The molecule has 25 heavy (non-hydrogen) atoms. The van der Waals surface area contributed by atoms with Crippen molar-refractivity contribution < 1.29 is 14.3 Å². The van der Waals surface area contributed by atoms with Crippen molar-refractivity contribution in [1.29, 1.82) is 0 Å². The highest BCUT2D eigenvalue weighted by Gasteiger charge is 2.50. The first-order chi connectivity index (χ1) is 12.0.